The van der Waals surface area contributed by atoms with E-state index >= 15 is 0 Å². The molecule has 0 aliphatic heterocycles. The van der Waals surface area contributed by atoms with Crippen LogP contribution in [0, 0.1) is 0 Å². The molecule has 0 fully saturated rings. The van der Waals surface area contributed by atoms with Crippen LogP contribution in [0.3, 0.4) is 0 Å². The Morgan fingerprint density at radius 2 is 1.82 bits per heavy atom. The van der Waals surface area contributed by atoms with Gasteiger partial charge in [-0.2, -0.15) is 0 Å². The molecular weight excluding hydrogens is 228 g/mol. The van der Waals surface area contributed by atoms with E-state index in [0.717, 1.165) is 6.07 Å². The lowest BCUT2D eigenvalue weighted by Crippen LogP contribution is -2.27. The maximum atomic E-state index is 11.0. The molecule has 17 heavy (non-hydrogen) atoms. The number of phenolic OH excluding ortho intramolecular Hbond substituents is 1. The number of hydrogen-bond acceptors (Lipinski definition) is 5. The number of aliphatic carboxylic acids is 1. The Bertz CT molecular complexity index is 453. The molecule has 2 unspecified atom stereocenters. The summed E-state index contributed by atoms with van der Waals surface area (Å²) in [6.45, 7) is 1.26. The van der Waals surface area contributed by atoms with E-state index < -0.39 is 18.2 Å². The molecule has 1 aromatic rings. The molecule has 0 amide bonds. The molecule has 0 saturated heterocycles. The van der Waals surface area contributed by atoms with Crippen LogP contribution >= 0.6 is 0 Å². The van der Waals surface area contributed by atoms with Crippen molar-refractivity contribution in [3.8, 4) is 5.75 Å². The zero-order valence-electron chi connectivity index (χ0n) is 8.99. The largest absolute Gasteiger partial charge is 0.507 e. The van der Waals surface area contributed by atoms with Crippen LogP contribution in [0.2, 0.25) is 0 Å². The van der Waals surface area contributed by atoms with Gasteiger partial charge in [0.15, 0.2) is 11.9 Å². The fraction of sp³-hybridized carbons (Fsp3) is 0.273. The summed E-state index contributed by atoms with van der Waals surface area (Å²) in [6, 6.07) is 3.58. The summed E-state index contributed by atoms with van der Waals surface area (Å²) in [5.41, 5.74) is 0.0770. The van der Waals surface area contributed by atoms with Crippen LogP contribution in [0.4, 0.5) is 0 Å². The van der Waals surface area contributed by atoms with Gasteiger partial charge in [-0.25, -0.2) is 4.79 Å². The third-order valence-electron chi connectivity index (χ3n) is 2.29. The first kappa shape index (κ1) is 13.1. The lowest BCUT2D eigenvalue weighted by molar-refractivity contribution is -0.153. The van der Waals surface area contributed by atoms with Gasteiger partial charge >= 0.3 is 5.97 Å². The smallest absolute Gasteiger partial charge is 0.335 e. The number of benzene rings is 1. The molecule has 0 heterocycles. The van der Waals surface area contributed by atoms with Crippen molar-refractivity contribution >= 4 is 11.8 Å². The Labute approximate surface area is 96.8 Å². The van der Waals surface area contributed by atoms with Gasteiger partial charge in [-0.1, -0.05) is 6.07 Å². The molecule has 0 aliphatic carbocycles. The third-order valence-corrected chi connectivity index (χ3v) is 2.29. The fourth-order valence-electron chi connectivity index (χ4n) is 1.35. The summed E-state index contributed by atoms with van der Waals surface area (Å²) in [5.74, 6) is -2.30. The number of hydrogen-bond donors (Lipinski definition) is 4. The van der Waals surface area contributed by atoms with E-state index in [1.165, 1.54) is 19.1 Å². The van der Waals surface area contributed by atoms with E-state index in [0.29, 0.717) is 0 Å². The van der Waals surface area contributed by atoms with E-state index in [-0.39, 0.29) is 22.7 Å². The minimum absolute atomic E-state index is 0.0161. The van der Waals surface area contributed by atoms with Crippen molar-refractivity contribution in [3.05, 3.63) is 29.3 Å². The van der Waals surface area contributed by atoms with Gasteiger partial charge in [0.25, 0.3) is 0 Å². The molecule has 0 aliphatic rings. The highest BCUT2D eigenvalue weighted by Gasteiger charge is 2.25. The van der Waals surface area contributed by atoms with E-state index in [1.54, 1.807) is 0 Å². The van der Waals surface area contributed by atoms with E-state index in [9.17, 15) is 19.8 Å². The number of ketones is 1. The number of aromatic hydroxyl groups is 1. The van der Waals surface area contributed by atoms with Crippen LogP contribution in [0.1, 0.15) is 28.9 Å². The monoisotopic (exact) mass is 240 g/mol. The first-order valence-electron chi connectivity index (χ1n) is 4.77. The number of carboxylic acid groups (broad SMARTS) is 1. The molecule has 0 bridgehead atoms. The van der Waals surface area contributed by atoms with Crippen molar-refractivity contribution in [3.63, 3.8) is 0 Å². The van der Waals surface area contributed by atoms with Crippen molar-refractivity contribution in [1.82, 2.24) is 0 Å². The Hall–Kier alpha value is -1.92. The molecule has 6 heteroatoms. The molecule has 6 nitrogen and oxygen atoms in total. The predicted octanol–water partition coefficient (Wildman–Crippen LogP) is 0.0737. The standard InChI is InChI=1S/C11H12O6/c1-5(12)7-3-2-6(4-8(7)13)9(14)10(15)11(16)17/h2-4,9-10,13-15H,1H3,(H,16,17). The van der Waals surface area contributed by atoms with Crippen molar-refractivity contribution in [2.75, 3.05) is 0 Å². The Balaban J connectivity index is 3.05. The minimum atomic E-state index is -1.99. The lowest BCUT2D eigenvalue weighted by atomic mass is 10.0. The summed E-state index contributed by atoms with van der Waals surface area (Å²) in [6.07, 6.45) is -3.66. The van der Waals surface area contributed by atoms with Gasteiger partial charge in [-0.05, 0) is 24.6 Å². The number of phenols is 1. The zero-order valence-corrected chi connectivity index (χ0v) is 8.99. The van der Waals surface area contributed by atoms with Crippen LogP contribution in [-0.2, 0) is 4.79 Å². The first-order valence-corrected chi connectivity index (χ1v) is 4.77. The molecule has 92 valence electrons. The second-order valence-corrected chi connectivity index (χ2v) is 3.56. The summed E-state index contributed by atoms with van der Waals surface area (Å²) < 4.78 is 0. The van der Waals surface area contributed by atoms with Gasteiger partial charge in [-0.3, -0.25) is 4.79 Å². The van der Waals surface area contributed by atoms with E-state index in [2.05, 4.69) is 0 Å². The van der Waals surface area contributed by atoms with Crippen LogP contribution in [0.5, 0.6) is 5.75 Å². The summed E-state index contributed by atoms with van der Waals surface area (Å²) in [7, 11) is 0. The Morgan fingerprint density at radius 1 is 1.24 bits per heavy atom. The minimum Gasteiger partial charge on any atom is -0.507 e. The molecule has 0 radical (unpaired) electrons. The van der Waals surface area contributed by atoms with Gasteiger partial charge in [0.05, 0.1) is 5.56 Å². The van der Waals surface area contributed by atoms with Gasteiger partial charge < -0.3 is 20.4 Å². The predicted molar refractivity (Wildman–Crippen MR) is 56.7 cm³/mol. The van der Waals surface area contributed by atoms with Crippen molar-refractivity contribution in [2.24, 2.45) is 0 Å². The number of aliphatic hydroxyl groups excluding tert-OH is 2. The van der Waals surface area contributed by atoms with Crippen molar-refractivity contribution < 1.29 is 30.0 Å². The van der Waals surface area contributed by atoms with Gasteiger partial charge in [0, 0.05) is 0 Å². The van der Waals surface area contributed by atoms with Gasteiger partial charge in [-0.15, -0.1) is 0 Å². The maximum absolute atomic E-state index is 11.0. The highest BCUT2D eigenvalue weighted by molar-refractivity contribution is 5.96. The molecule has 2 atom stereocenters. The summed E-state index contributed by atoms with van der Waals surface area (Å²) in [5, 5.41) is 36.6. The third kappa shape index (κ3) is 2.80. The normalized spacial score (nSPS) is 14.1. The van der Waals surface area contributed by atoms with Crippen molar-refractivity contribution in [2.45, 2.75) is 19.1 Å². The molecular formula is C11H12O6. The van der Waals surface area contributed by atoms with Crippen LogP contribution < -0.4 is 0 Å². The SMILES string of the molecule is CC(=O)c1ccc(C(O)C(O)C(=O)O)cc1O. The zero-order chi connectivity index (χ0) is 13.2. The number of rotatable bonds is 4. The van der Waals surface area contributed by atoms with Crippen molar-refractivity contribution in [1.29, 1.82) is 0 Å². The summed E-state index contributed by atoms with van der Waals surface area (Å²) >= 11 is 0. The highest BCUT2D eigenvalue weighted by atomic mass is 16.4. The van der Waals surface area contributed by atoms with Gasteiger partial charge in [0.1, 0.15) is 11.9 Å². The Kier molecular flexibility index (Phi) is 3.82. The maximum Gasteiger partial charge on any atom is 0.335 e. The average molecular weight is 240 g/mol. The molecule has 0 spiro atoms. The number of Topliss-reactive ketones (excluding diaryl/α,β-unsaturated/α-hetero) is 1. The highest BCUT2D eigenvalue weighted by Crippen LogP contribution is 2.25. The molecule has 4 N–H and O–H groups in total. The number of aliphatic hydroxyl groups is 2. The molecule has 0 saturated carbocycles. The van der Waals surface area contributed by atoms with E-state index in [4.69, 9.17) is 10.2 Å². The fourth-order valence-corrected chi connectivity index (χ4v) is 1.35. The van der Waals surface area contributed by atoms with Gasteiger partial charge in [0.2, 0.25) is 0 Å². The second-order valence-electron chi connectivity index (χ2n) is 3.56. The van der Waals surface area contributed by atoms with E-state index in [1.807, 2.05) is 0 Å². The first-order chi connectivity index (χ1) is 7.84. The van der Waals surface area contributed by atoms with Crippen LogP contribution in [0.15, 0.2) is 18.2 Å². The second kappa shape index (κ2) is 4.94. The van der Waals surface area contributed by atoms with Crippen LogP contribution in [0.25, 0.3) is 0 Å². The lowest BCUT2D eigenvalue weighted by Gasteiger charge is -2.15. The summed E-state index contributed by atoms with van der Waals surface area (Å²) in [4.78, 5) is 21.5. The quantitative estimate of drug-likeness (QED) is 0.554. The molecule has 0 aromatic heterocycles. The topological polar surface area (TPSA) is 115 Å². The Morgan fingerprint density at radius 3 is 2.24 bits per heavy atom. The van der Waals surface area contributed by atoms with Crippen LogP contribution in [-0.4, -0.2) is 38.3 Å². The number of carbonyl (C=O) groups is 2. The molecule has 1 rings (SSSR count). The average Bonchev–Trinajstić information content (AvgIpc) is 2.26. The molecule has 1 aromatic carbocycles. The number of carboxylic acids is 1. The number of carbonyl (C=O) groups excluding carboxylic acids is 1.